The topological polar surface area (TPSA) is 39.3 Å². The summed E-state index contributed by atoms with van der Waals surface area (Å²) in [7, 11) is 0. The summed E-state index contributed by atoms with van der Waals surface area (Å²) in [4.78, 5) is 21.4. The van der Waals surface area contributed by atoms with E-state index in [1.807, 2.05) is 36.4 Å². The number of nitrogens with zero attached hydrogens (tertiary/aromatic N) is 2. The lowest BCUT2D eigenvalue weighted by Gasteiger charge is -2.41. The molecular weight excluding hydrogens is 382 g/mol. The third-order valence-corrected chi connectivity index (χ3v) is 6.15. The predicted molar refractivity (Wildman–Crippen MR) is 125 cm³/mol. The van der Waals surface area contributed by atoms with Crippen LogP contribution in [-0.2, 0) is 13.0 Å². The molecule has 4 nitrogen and oxygen atoms in total. The zero-order chi connectivity index (χ0) is 21.0. The van der Waals surface area contributed by atoms with Gasteiger partial charge in [0.1, 0.15) is 5.69 Å². The fourth-order valence-electron chi connectivity index (χ4n) is 4.58. The van der Waals surface area contributed by atoms with Crippen molar-refractivity contribution in [2.24, 2.45) is 0 Å². The fourth-order valence-corrected chi connectivity index (χ4v) is 4.58. The van der Waals surface area contributed by atoms with Crippen molar-refractivity contribution in [1.29, 1.82) is 0 Å². The molecule has 1 atom stereocenters. The maximum Gasteiger partial charge on any atom is 0.270 e. The molecule has 5 rings (SSSR count). The lowest BCUT2D eigenvalue weighted by atomic mass is 10.0. The van der Waals surface area contributed by atoms with Crippen LogP contribution >= 0.6 is 0 Å². The molecule has 156 valence electrons. The van der Waals surface area contributed by atoms with Crippen LogP contribution in [-0.4, -0.2) is 46.4 Å². The number of carbonyl (C=O) groups excluding carboxylic acids is 1. The number of hydrogen-bond acceptors (Lipinski definition) is 2. The van der Waals surface area contributed by atoms with Crippen LogP contribution in [0.2, 0.25) is 0 Å². The summed E-state index contributed by atoms with van der Waals surface area (Å²) in [5.74, 6) is 0.0940. The number of nitrogens with one attached hydrogen (secondary N) is 1. The van der Waals surface area contributed by atoms with Crippen LogP contribution in [0, 0.1) is 0 Å². The SMILES string of the molecule is O=C(c1cc2ccccc2[nH]1)N1CCN(Cc2ccccc2)C[C@@H]1Cc1ccccc1. The lowest BCUT2D eigenvalue weighted by molar-refractivity contribution is 0.0434. The first-order valence-electron chi connectivity index (χ1n) is 11.0. The summed E-state index contributed by atoms with van der Waals surface area (Å²) < 4.78 is 0. The molecule has 1 aromatic heterocycles. The van der Waals surface area contributed by atoms with Crippen molar-refractivity contribution in [3.05, 3.63) is 108 Å². The maximum atomic E-state index is 13.5. The summed E-state index contributed by atoms with van der Waals surface area (Å²) in [5, 5.41) is 1.08. The highest BCUT2D eigenvalue weighted by atomic mass is 16.2. The predicted octanol–water partition coefficient (Wildman–Crippen LogP) is 4.74. The Kier molecular flexibility index (Phi) is 5.55. The molecule has 3 aromatic carbocycles. The second kappa shape index (κ2) is 8.78. The van der Waals surface area contributed by atoms with Crippen LogP contribution in [0.3, 0.4) is 0 Å². The number of fused-ring (bicyclic) bond motifs is 1. The lowest BCUT2D eigenvalue weighted by Crippen LogP contribution is -2.55. The molecule has 1 aliphatic heterocycles. The van der Waals surface area contributed by atoms with Crippen LogP contribution in [0.15, 0.2) is 91.0 Å². The first-order valence-corrected chi connectivity index (χ1v) is 11.0. The van der Waals surface area contributed by atoms with Gasteiger partial charge >= 0.3 is 0 Å². The Morgan fingerprint density at radius 1 is 0.839 bits per heavy atom. The van der Waals surface area contributed by atoms with E-state index in [-0.39, 0.29) is 11.9 Å². The molecule has 0 radical (unpaired) electrons. The van der Waals surface area contributed by atoms with E-state index in [0.29, 0.717) is 5.69 Å². The number of piperazine rings is 1. The largest absolute Gasteiger partial charge is 0.351 e. The smallest absolute Gasteiger partial charge is 0.270 e. The van der Waals surface area contributed by atoms with Gasteiger partial charge in [-0.2, -0.15) is 0 Å². The normalized spacial score (nSPS) is 17.2. The molecule has 2 heterocycles. The quantitative estimate of drug-likeness (QED) is 0.517. The van der Waals surface area contributed by atoms with Crippen molar-refractivity contribution in [3.8, 4) is 0 Å². The molecule has 0 unspecified atom stereocenters. The third-order valence-electron chi connectivity index (χ3n) is 6.15. The number of rotatable bonds is 5. The number of benzene rings is 3. The molecule has 31 heavy (non-hydrogen) atoms. The van der Waals surface area contributed by atoms with E-state index < -0.39 is 0 Å². The zero-order valence-electron chi connectivity index (χ0n) is 17.6. The number of aromatic amines is 1. The van der Waals surface area contributed by atoms with Gasteiger partial charge in [-0.05, 0) is 29.7 Å². The van der Waals surface area contributed by atoms with Gasteiger partial charge in [0.2, 0.25) is 0 Å². The molecule has 1 fully saturated rings. The second-order valence-corrected chi connectivity index (χ2v) is 8.33. The first-order chi connectivity index (χ1) is 15.3. The number of para-hydroxylation sites is 1. The number of hydrogen-bond donors (Lipinski definition) is 1. The molecule has 1 N–H and O–H groups in total. The first kappa shape index (κ1) is 19.6. The summed E-state index contributed by atoms with van der Waals surface area (Å²) in [6.45, 7) is 3.40. The highest BCUT2D eigenvalue weighted by Crippen LogP contribution is 2.22. The van der Waals surface area contributed by atoms with Crippen molar-refractivity contribution in [2.75, 3.05) is 19.6 Å². The average Bonchev–Trinajstić information content (AvgIpc) is 3.25. The van der Waals surface area contributed by atoms with Crippen LogP contribution in [0.5, 0.6) is 0 Å². The van der Waals surface area contributed by atoms with E-state index in [9.17, 15) is 4.79 Å². The van der Waals surface area contributed by atoms with Crippen molar-refractivity contribution in [3.63, 3.8) is 0 Å². The Labute approximate surface area is 183 Å². The average molecular weight is 410 g/mol. The summed E-state index contributed by atoms with van der Waals surface area (Å²) in [6.07, 6.45) is 0.859. The molecule has 4 heteroatoms. The minimum absolute atomic E-state index is 0.0940. The van der Waals surface area contributed by atoms with Gasteiger partial charge in [0.05, 0.1) is 0 Å². The van der Waals surface area contributed by atoms with Crippen LogP contribution < -0.4 is 0 Å². The van der Waals surface area contributed by atoms with Gasteiger partial charge < -0.3 is 9.88 Å². The zero-order valence-corrected chi connectivity index (χ0v) is 17.6. The summed E-state index contributed by atoms with van der Waals surface area (Å²) >= 11 is 0. The van der Waals surface area contributed by atoms with E-state index >= 15 is 0 Å². The van der Waals surface area contributed by atoms with Crippen LogP contribution in [0.1, 0.15) is 21.6 Å². The van der Waals surface area contributed by atoms with Crippen LogP contribution in [0.25, 0.3) is 10.9 Å². The van der Waals surface area contributed by atoms with Gasteiger partial charge in [-0.25, -0.2) is 0 Å². The van der Waals surface area contributed by atoms with Crippen molar-refractivity contribution in [1.82, 2.24) is 14.8 Å². The van der Waals surface area contributed by atoms with E-state index in [1.54, 1.807) is 0 Å². The minimum atomic E-state index is 0.0940. The fraction of sp³-hybridized carbons (Fsp3) is 0.222. The van der Waals surface area contributed by atoms with E-state index in [1.165, 1.54) is 11.1 Å². The molecular formula is C27H27N3O. The van der Waals surface area contributed by atoms with Gasteiger partial charge in [0.15, 0.2) is 0 Å². The van der Waals surface area contributed by atoms with Gasteiger partial charge in [0.25, 0.3) is 5.91 Å². The Hall–Kier alpha value is -3.37. The van der Waals surface area contributed by atoms with E-state index in [0.717, 1.165) is 43.5 Å². The molecule has 1 amide bonds. The molecule has 0 saturated carbocycles. The molecule has 1 saturated heterocycles. The standard InChI is InChI=1S/C27H27N3O/c31-27(26-18-23-13-7-8-14-25(23)28-26)30-16-15-29(19-22-11-5-2-6-12-22)20-24(30)17-21-9-3-1-4-10-21/h1-14,18,24,28H,15-17,19-20H2/t24-/m0/s1. The van der Waals surface area contributed by atoms with Crippen molar-refractivity contribution in [2.45, 2.75) is 19.0 Å². The Bertz CT molecular complexity index is 1120. The number of carbonyl (C=O) groups is 1. The maximum absolute atomic E-state index is 13.5. The highest BCUT2D eigenvalue weighted by molar-refractivity contribution is 5.98. The minimum Gasteiger partial charge on any atom is -0.351 e. The van der Waals surface area contributed by atoms with Crippen molar-refractivity contribution >= 4 is 16.8 Å². The highest BCUT2D eigenvalue weighted by Gasteiger charge is 2.31. The van der Waals surface area contributed by atoms with Crippen molar-refractivity contribution < 1.29 is 4.79 Å². The number of aromatic nitrogens is 1. The van der Waals surface area contributed by atoms with E-state index in [4.69, 9.17) is 0 Å². The van der Waals surface area contributed by atoms with Gasteiger partial charge in [-0.1, -0.05) is 78.9 Å². The molecule has 0 aliphatic carbocycles. The molecule has 0 spiro atoms. The summed E-state index contributed by atoms with van der Waals surface area (Å²) in [5.41, 5.74) is 4.27. The second-order valence-electron chi connectivity index (χ2n) is 8.33. The van der Waals surface area contributed by atoms with E-state index in [2.05, 4.69) is 69.4 Å². The Morgan fingerprint density at radius 3 is 2.26 bits per heavy atom. The van der Waals surface area contributed by atoms with Gasteiger partial charge in [-0.3, -0.25) is 9.69 Å². The molecule has 1 aliphatic rings. The summed E-state index contributed by atoms with van der Waals surface area (Å²) in [6, 6.07) is 31.3. The third kappa shape index (κ3) is 4.39. The monoisotopic (exact) mass is 409 g/mol. The van der Waals surface area contributed by atoms with Gasteiger partial charge in [-0.15, -0.1) is 0 Å². The van der Waals surface area contributed by atoms with Gasteiger partial charge in [0, 0.05) is 43.1 Å². The Morgan fingerprint density at radius 2 is 1.52 bits per heavy atom. The molecule has 0 bridgehead atoms. The molecule has 4 aromatic rings. The number of H-pyrrole nitrogens is 1. The van der Waals surface area contributed by atoms with Crippen LogP contribution in [0.4, 0.5) is 0 Å². The Balaban J connectivity index is 1.38. The number of amides is 1.